The van der Waals surface area contributed by atoms with Gasteiger partial charge in [0.15, 0.2) is 0 Å². The highest BCUT2D eigenvalue weighted by Gasteiger charge is 2.35. The molecule has 114 valence electrons. The minimum Gasteiger partial charge on any atom is -0.480 e. The van der Waals surface area contributed by atoms with Crippen molar-refractivity contribution in [1.29, 1.82) is 0 Å². The average Bonchev–Trinajstić information content (AvgIpc) is 2.95. The molecule has 1 N–H and O–H groups in total. The Labute approximate surface area is 123 Å². The normalized spacial score (nSPS) is 19.5. The molecule has 1 unspecified atom stereocenters. The van der Waals surface area contributed by atoms with Crippen LogP contribution in [0, 0.1) is 11.7 Å². The molecule has 0 saturated carbocycles. The lowest BCUT2D eigenvalue weighted by atomic mass is 9.99. The highest BCUT2D eigenvalue weighted by Crippen LogP contribution is 2.22. The van der Waals surface area contributed by atoms with E-state index in [0.717, 1.165) is 6.42 Å². The van der Waals surface area contributed by atoms with Crippen molar-refractivity contribution in [3.8, 4) is 0 Å². The molecule has 0 aliphatic carbocycles. The summed E-state index contributed by atoms with van der Waals surface area (Å²) in [7, 11) is 0. The summed E-state index contributed by atoms with van der Waals surface area (Å²) < 4.78 is 13.5. The number of carboxylic acid groups (broad SMARTS) is 1. The fraction of sp³-hybridized carbons (Fsp3) is 0.500. The van der Waals surface area contributed by atoms with E-state index >= 15 is 0 Å². The summed E-state index contributed by atoms with van der Waals surface area (Å²) in [5, 5.41) is 9.12. The molecule has 2 rings (SSSR count). The number of nitrogens with zero attached hydrogens (tertiary/aromatic N) is 1. The zero-order valence-electron chi connectivity index (χ0n) is 12.1. The molecule has 1 aliphatic heterocycles. The smallest absolute Gasteiger partial charge is 0.326 e. The van der Waals surface area contributed by atoms with Gasteiger partial charge in [0.05, 0.1) is 0 Å². The second kappa shape index (κ2) is 6.70. The highest BCUT2D eigenvalue weighted by molar-refractivity contribution is 5.85. The quantitative estimate of drug-likeness (QED) is 0.907. The van der Waals surface area contributed by atoms with Gasteiger partial charge >= 0.3 is 5.97 Å². The largest absolute Gasteiger partial charge is 0.480 e. The Kier molecular flexibility index (Phi) is 4.94. The van der Waals surface area contributed by atoms with E-state index in [1.807, 2.05) is 0 Å². The summed E-state index contributed by atoms with van der Waals surface area (Å²) in [5.74, 6) is -1.65. The van der Waals surface area contributed by atoms with Crippen LogP contribution in [-0.2, 0) is 16.0 Å². The van der Waals surface area contributed by atoms with Gasteiger partial charge in [0.25, 0.3) is 0 Å². The summed E-state index contributed by atoms with van der Waals surface area (Å²) in [6.07, 6.45) is 2.23. The first-order valence-corrected chi connectivity index (χ1v) is 7.27. The van der Waals surface area contributed by atoms with Crippen LogP contribution in [0.15, 0.2) is 24.3 Å². The van der Waals surface area contributed by atoms with E-state index < -0.39 is 12.0 Å². The van der Waals surface area contributed by atoms with Crippen molar-refractivity contribution in [2.75, 3.05) is 6.54 Å². The fourth-order valence-corrected chi connectivity index (χ4v) is 2.77. The van der Waals surface area contributed by atoms with E-state index in [1.54, 1.807) is 25.1 Å². The molecule has 0 bridgehead atoms. The zero-order chi connectivity index (χ0) is 15.4. The Morgan fingerprint density at radius 2 is 2.14 bits per heavy atom. The summed E-state index contributed by atoms with van der Waals surface area (Å²) in [4.78, 5) is 24.9. The van der Waals surface area contributed by atoms with Crippen molar-refractivity contribution in [1.82, 2.24) is 4.90 Å². The zero-order valence-corrected chi connectivity index (χ0v) is 12.1. The molecule has 4 nitrogen and oxygen atoms in total. The third-order valence-electron chi connectivity index (χ3n) is 4.05. The fourth-order valence-electron chi connectivity index (χ4n) is 2.77. The predicted molar refractivity (Wildman–Crippen MR) is 76.3 cm³/mol. The number of carbonyl (C=O) groups excluding carboxylic acids is 1. The van der Waals surface area contributed by atoms with Crippen molar-refractivity contribution in [3.63, 3.8) is 0 Å². The number of hydrogen-bond acceptors (Lipinski definition) is 2. The Morgan fingerprint density at radius 1 is 1.43 bits per heavy atom. The number of halogens is 1. The molecule has 1 amide bonds. The van der Waals surface area contributed by atoms with Gasteiger partial charge in [-0.25, -0.2) is 9.18 Å². The van der Waals surface area contributed by atoms with Crippen LogP contribution >= 0.6 is 0 Å². The first kappa shape index (κ1) is 15.5. The van der Waals surface area contributed by atoms with Crippen LogP contribution in [0.5, 0.6) is 0 Å². The van der Waals surface area contributed by atoms with E-state index in [-0.39, 0.29) is 17.6 Å². The number of aryl methyl sites for hydroxylation is 1. The number of hydrogen-bond donors (Lipinski definition) is 1. The maximum absolute atomic E-state index is 13.5. The minimum atomic E-state index is -0.942. The monoisotopic (exact) mass is 293 g/mol. The number of rotatable bonds is 5. The average molecular weight is 293 g/mol. The van der Waals surface area contributed by atoms with Crippen molar-refractivity contribution in [2.24, 2.45) is 5.92 Å². The molecule has 1 aromatic rings. The van der Waals surface area contributed by atoms with Crippen LogP contribution in [0.1, 0.15) is 31.7 Å². The van der Waals surface area contributed by atoms with Crippen molar-refractivity contribution < 1.29 is 19.1 Å². The summed E-state index contributed by atoms with van der Waals surface area (Å²) in [5.41, 5.74) is 0.591. The second-order valence-electron chi connectivity index (χ2n) is 5.56. The lowest BCUT2D eigenvalue weighted by Crippen LogP contribution is -2.43. The Morgan fingerprint density at radius 3 is 2.81 bits per heavy atom. The Hall–Kier alpha value is -1.91. The number of aliphatic carboxylic acids is 1. The van der Waals surface area contributed by atoms with Gasteiger partial charge in [0.1, 0.15) is 11.9 Å². The summed E-state index contributed by atoms with van der Waals surface area (Å²) in [6, 6.07) is 5.82. The lowest BCUT2D eigenvalue weighted by molar-refractivity contribution is -0.149. The summed E-state index contributed by atoms with van der Waals surface area (Å²) >= 11 is 0. The van der Waals surface area contributed by atoms with Crippen LogP contribution in [0.25, 0.3) is 0 Å². The van der Waals surface area contributed by atoms with Gasteiger partial charge in [0, 0.05) is 12.5 Å². The SMILES string of the molecule is CC(CCc1ccccc1F)C(=O)N1CCC[C@H]1C(=O)O. The maximum atomic E-state index is 13.5. The topological polar surface area (TPSA) is 57.6 Å². The van der Waals surface area contributed by atoms with Gasteiger partial charge < -0.3 is 10.0 Å². The van der Waals surface area contributed by atoms with E-state index in [1.165, 1.54) is 11.0 Å². The van der Waals surface area contributed by atoms with Gasteiger partial charge in [0.2, 0.25) is 5.91 Å². The van der Waals surface area contributed by atoms with E-state index in [0.29, 0.717) is 31.4 Å². The lowest BCUT2D eigenvalue weighted by Gasteiger charge is -2.25. The third-order valence-corrected chi connectivity index (χ3v) is 4.05. The molecule has 0 aromatic heterocycles. The summed E-state index contributed by atoms with van der Waals surface area (Å²) in [6.45, 7) is 2.28. The predicted octanol–water partition coefficient (Wildman–Crippen LogP) is 2.47. The number of carbonyl (C=O) groups is 2. The van der Waals surface area contributed by atoms with Crippen LogP contribution in [0.4, 0.5) is 4.39 Å². The molecule has 5 heteroatoms. The van der Waals surface area contributed by atoms with E-state index in [2.05, 4.69) is 0 Å². The van der Waals surface area contributed by atoms with Gasteiger partial charge in [-0.05, 0) is 37.3 Å². The van der Waals surface area contributed by atoms with Crippen molar-refractivity contribution in [3.05, 3.63) is 35.6 Å². The molecule has 1 aromatic carbocycles. The van der Waals surface area contributed by atoms with Crippen LogP contribution < -0.4 is 0 Å². The molecule has 2 atom stereocenters. The Balaban J connectivity index is 1.94. The second-order valence-corrected chi connectivity index (χ2v) is 5.56. The molecule has 1 aliphatic rings. The van der Waals surface area contributed by atoms with Crippen LogP contribution in [0.2, 0.25) is 0 Å². The van der Waals surface area contributed by atoms with Gasteiger partial charge in [-0.15, -0.1) is 0 Å². The number of likely N-dealkylation sites (tertiary alicyclic amines) is 1. The maximum Gasteiger partial charge on any atom is 0.326 e. The van der Waals surface area contributed by atoms with Crippen LogP contribution in [-0.4, -0.2) is 34.5 Å². The molecule has 1 heterocycles. The minimum absolute atomic E-state index is 0.142. The third kappa shape index (κ3) is 3.60. The van der Waals surface area contributed by atoms with Gasteiger partial charge in [-0.1, -0.05) is 25.1 Å². The first-order valence-electron chi connectivity index (χ1n) is 7.27. The number of benzene rings is 1. The van der Waals surface area contributed by atoms with Crippen LogP contribution in [0.3, 0.4) is 0 Å². The molecule has 0 radical (unpaired) electrons. The molecular weight excluding hydrogens is 273 g/mol. The number of amides is 1. The molecule has 0 spiro atoms. The molecule has 1 saturated heterocycles. The molecular formula is C16H20FNO3. The van der Waals surface area contributed by atoms with Crippen molar-refractivity contribution >= 4 is 11.9 Å². The molecule has 1 fully saturated rings. The van der Waals surface area contributed by atoms with Crippen molar-refractivity contribution in [2.45, 2.75) is 38.6 Å². The number of carboxylic acids is 1. The van der Waals surface area contributed by atoms with Gasteiger partial charge in [-0.2, -0.15) is 0 Å². The van der Waals surface area contributed by atoms with E-state index in [4.69, 9.17) is 5.11 Å². The van der Waals surface area contributed by atoms with Gasteiger partial charge in [-0.3, -0.25) is 4.79 Å². The highest BCUT2D eigenvalue weighted by atomic mass is 19.1. The molecule has 21 heavy (non-hydrogen) atoms. The first-order chi connectivity index (χ1) is 10.0. The Bertz CT molecular complexity index is 532. The van der Waals surface area contributed by atoms with E-state index in [9.17, 15) is 14.0 Å². The standard InChI is InChI=1S/C16H20FNO3/c1-11(8-9-12-5-2-3-6-13(12)17)15(19)18-10-4-7-14(18)16(20)21/h2-3,5-6,11,14H,4,7-10H2,1H3,(H,20,21)/t11?,14-/m0/s1.